The average Bonchev–Trinajstić information content (AvgIpc) is 3.05. The first-order valence-electron chi connectivity index (χ1n) is 7.75. The Balaban J connectivity index is 2.10. The normalized spacial score (nSPS) is 11.8. The van der Waals surface area contributed by atoms with Gasteiger partial charge in [0.05, 0.1) is 11.0 Å². The molecule has 0 atom stereocenters. The van der Waals surface area contributed by atoms with Gasteiger partial charge in [-0.05, 0) is 36.6 Å². The second kappa shape index (κ2) is 4.99. The molecule has 4 rings (SSSR count). The Morgan fingerprint density at radius 2 is 1.41 bits per heavy atom. The maximum Gasteiger partial charge on any atom is 0.100 e. The van der Waals surface area contributed by atoms with Crippen LogP contribution in [0.1, 0.15) is 30.2 Å². The van der Waals surface area contributed by atoms with Crippen molar-refractivity contribution in [3.05, 3.63) is 65.0 Å². The summed E-state index contributed by atoms with van der Waals surface area (Å²) in [5, 5.41) is 3.98. The first kappa shape index (κ1) is 13.6. The first-order chi connectivity index (χ1) is 10.7. The minimum absolute atomic E-state index is 0.568. The van der Waals surface area contributed by atoms with Crippen LogP contribution in [0.25, 0.3) is 26.8 Å². The summed E-state index contributed by atoms with van der Waals surface area (Å²) in [7, 11) is 0. The van der Waals surface area contributed by atoms with Gasteiger partial charge in [-0.3, -0.25) is 0 Å². The molecule has 110 valence electrons. The molecule has 0 saturated heterocycles. The summed E-state index contributed by atoms with van der Waals surface area (Å²) < 4.78 is 2.41. The van der Waals surface area contributed by atoms with E-state index in [0.717, 1.165) is 0 Å². The van der Waals surface area contributed by atoms with Crippen LogP contribution in [0, 0.1) is 6.92 Å². The van der Waals surface area contributed by atoms with Gasteiger partial charge in [-0.25, -0.2) is 0 Å². The standard InChI is InChI=1S/C20H19NS/c1-13(2)17-12-20(22-14(17)3)21-18-10-6-4-8-15(18)16-9-5-7-11-19(16)21/h4-13H,1-3H3. The zero-order valence-electron chi connectivity index (χ0n) is 13.1. The Bertz CT molecular complexity index is 919. The Labute approximate surface area is 134 Å². The van der Waals surface area contributed by atoms with Crippen molar-refractivity contribution >= 4 is 33.1 Å². The van der Waals surface area contributed by atoms with Gasteiger partial charge in [-0.15, -0.1) is 11.3 Å². The molecule has 22 heavy (non-hydrogen) atoms. The van der Waals surface area contributed by atoms with Crippen LogP contribution in [-0.2, 0) is 0 Å². The molecule has 4 aromatic rings. The third-order valence-electron chi connectivity index (χ3n) is 4.37. The minimum Gasteiger partial charge on any atom is -0.301 e. The quantitative estimate of drug-likeness (QED) is 0.411. The van der Waals surface area contributed by atoms with Crippen LogP contribution in [-0.4, -0.2) is 4.57 Å². The lowest BCUT2D eigenvalue weighted by Crippen LogP contribution is -1.90. The Hall–Kier alpha value is -2.06. The molecule has 0 saturated carbocycles. The zero-order valence-corrected chi connectivity index (χ0v) is 13.9. The van der Waals surface area contributed by atoms with E-state index in [2.05, 4.69) is 79.9 Å². The van der Waals surface area contributed by atoms with Crippen LogP contribution in [0.3, 0.4) is 0 Å². The second-order valence-corrected chi connectivity index (χ2v) is 7.36. The molecule has 2 heterocycles. The highest BCUT2D eigenvalue weighted by Crippen LogP contribution is 2.37. The van der Waals surface area contributed by atoms with E-state index in [4.69, 9.17) is 0 Å². The van der Waals surface area contributed by atoms with Gasteiger partial charge in [0, 0.05) is 15.6 Å². The first-order valence-corrected chi connectivity index (χ1v) is 8.57. The van der Waals surface area contributed by atoms with Gasteiger partial charge in [-0.1, -0.05) is 50.2 Å². The van der Waals surface area contributed by atoms with Crippen LogP contribution in [0.2, 0.25) is 0 Å². The smallest absolute Gasteiger partial charge is 0.100 e. The lowest BCUT2D eigenvalue weighted by Gasteiger charge is -2.04. The van der Waals surface area contributed by atoms with E-state index in [-0.39, 0.29) is 0 Å². The zero-order chi connectivity index (χ0) is 15.3. The van der Waals surface area contributed by atoms with Crippen molar-refractivity contribution < 1.29 is 0 Å². The Morgan fingerprint density at radius 1 is 0.864 bits per heavy atom. The fraction of sp³-hybridized carbons (Fsp3) is 0.200. The Morgan fingerprint density at radius 3 is 1.91 bits per heavy atom. The van der Waals surface area contributed by atoms with Crippen LogP contribution in [0.15, 0.2) is 54.6 Å². The van der Waals surface area contributed by atoms with Crippen molar-refractivity contribution in [2.24, 2.45) is 0 Å². The molecule has 0 amide bonds. The van der Waals surface area contributed by atoms with Crippen molar-refractivity contribution in [2.45, 2.75) is 26.7 Å². The third-order valence-corrected chi connectivity index (χ3v) is 5.42. The van der Waals surface area contributed by atoms with Crippen LogP contribution < -0.4 is 0 Å². The minimum atomic E-state index is 0.568. The highest BCUT2D eigenvalue weighted by atomic mass is 32.1. The van der Waals surface area contributed by atoms with Gasteiger partial charge >= 0.3 is 0 Å². The summed E-state index contributed by atoms with van der Waals surface area (Å²) in [6.07, 6.45) is 0. The van der Waals surface area contributed by atoms with Crippen LogP contribution in [0.5, 0.6) is 0 Å². The predicted molar refractivity (Wildman–Crippen MR) is 97.5 cm³/mol. The number of aromatic nitrogens is 1. The number of hydrogen-bond donors (Lipinski definition) is 0. The molecular weight excluding hydrogens is 286 g/mol. The van der Waals surface area contributed by atoms with Gasteiger partial charge in [0.25, 0.3) is 0 Å². The van der Waals surface area contributed by atoms with Gasteiger partial charge in [0.15, 0.2) is 0 Å². The highest BCUT2D eigenvalue weighted by molar-refractivity contribution is 7.14. The molecule has 0 spiro atoms. The van der Waals surface area contributed by atoms with E-state index >= 15 is 0 Å². The molecule has 0 aliphatic heterocycles. The summed E-state index contributed by atoms with van der Waals surface area (Å²) in [5.41, 5.74) is 4.04. The third kappa shape index (κ3) is 1.91. The van der Waals surface area contributed by atoms with E-state index in [0.29, 0.717) is 5.92 Å². The van der Waals surface area contributed by atoms with Crippen molar-refractivity contribution in [3.63, 3.8) is 0 Å². The summed E-state index contributed by atoms with van der Waals surface area (Å²) in [5.74, 6) is 0.568. The molecule has 2 aromatic heterocycles. The summed E-state index contributed by atoms with van der Waals surface area (Å²) in [6.45, 7) is 6.77. The molecule has 0 fully saturated rings. The molecule has 1 nitrogen and oxygen atoms in total. The largest absolute Gasteiger partial charge is 0.301 e. The van der Waals surface area contributed by atoms with Crippen LogP contribution >= 0.6 is 11.3 Å². The monoisotopic (exact) mass is 305 g/mol. The SMILES string of the molecule is Cc1sc(-n2c3ccccc3c3ccccc32)cc1C(C)C. The topological polar surface area (TPSA) is 4.93 Å². The summed E-state index contributed by atoms with van der Waals surface area (Å²) in [4.78, 5) is 1.42. The lowest BCUT2D eigenvalue weighted by atomic mass is 10.1. The molecule has 0 N–H and O–H groups in total. The molecule has 0 bridgehead atoms. The lowest BCUT2D eigenvalue weighted by molar-refractivity contribution is 0.863. The van der Waals surface area contributed by atoms with Gasteiger partial charge in [-0.2, -0.15) is 0 Å². The molecule has 0 radical (unpaired) electrons. The maximum absolute atomic E-state index is 2.41. The molecule has 2 heteroatoms. The van der Waals surface area contributed by atoms with Crippen molar-refractivity contribution in [1.82, 2.24) is 4.57 Å². The summed E-state index contributed by atoms with van der Waals surface area (Å²) in [6, 6.07) is 19.7. The van der Waals surface area contributed by atoms with Gasteiger partial charge < -0.3 is 4.57 Å². The van der Waals surface area contributed by atoms with Crippen molar-refractivity contribution in [1.29, 1.82) is 0 Å². The van der Waals surface area contributed by atoms with E-state index in [1.807, 2.05) is 11.3 Å². The second-order valence-electron chi connectivity index (χ2n) is 6.12. The van der Waals surface area contributed by atoms with E-state index in [1.165, 1.54) is 37.2 Å². The fourth-order valence-corrected chi connectivity index (χ4v) is 4.52. The number of aryl methyl sites for hydroxylation is 1. The van der Waals surface area contributed by atoms with E-state index < -0.39 is 0 Å². The number of nitrogens with zero attached hydrogens (tertiary/aromatic N) is 1. The average molecular weight is 305 g/mol. The van der Waals surface area contributed by atoms with E-state index in [9.17, 15) is 0 Å². The highest BCUT2D eigenvalue weighted by Gasteiger charge is 2.15. The molecule has 0 aliphatic carbocycles. The fourth-order valence-electron chi connectivity index (χ4n) is 3.32. The molecular formula is C20H19NS. The number of fused-ring (bicyclic) bond motifs is 3. The number of thiophene rings is 1. The number of para-hydroxylation sites is 2. The molecule has 0 unspecified atom stereocenters. The number of hydrogen-bond acceptors (Lipinski definition) is 1. The number of benzene rings is 2. The Kier molecular flexibility index (Phi) is 3.08. The predicted octanol–water partition coefficient (Wildman–Crippen LogP) is 6.28. The number of rotatable bonds is 2. The van der Waals surface area contributed by atoms with Gasteiger partial charge in [0.2, 0.25) is 0 Å². The summed E-state index contributed by atoms with van der Waals surface area (Å²) >= 11 is 1.89. The molecule has 2 aromatic carbocycles. The van der Waals surface area contributed by atoms with Crippen molar-refractivity contribution in [3.8, 4) is 5.00 Å². The van der Waals surface area contributed by atoms with Crippen molar-refractivity contribution in [2.75, 3.05) is 0 Å². The van der Waals surface area contributed by atoms with E-state index in [1.54, 1.807) is 0 Å². The van der Waals surface area contributed by atoms with Crippen LogP contribution in [0.4, 0.5) is 0 Å². The molecule has 0 aliphatic rings. The van der Waals surface area contributed by atoms with Gasteiger partial charge in [0.1, 0.15) is 5.00 Å². The maximum atomic E-state index is 2.41.